The van der Waals surface area contributed by atoms with Gasteiger partial charge in [0.25, 0.3) is 0 Å². The molecule has 110 valence electrons. The summed E-state index contributed by atoms with van der Waals surface area (Å²) in [7, 11) is 0. The van der Waals surface area contributed by atoms with Crippen molar-refractivity contribution in [3.63, 3.8) is 0 Å². The number of carboxylic acid groups (broad SMARTS) is 1. The molecule has 1 N–H and O–H groups in total. The third-order valence-electron chi connectivity index (χ3n) is 4.80. The maximum absolute atomic E-state index is 11.4. The van der Waals surface area contributed by atoms with Crippen molar-refractivity contribution in [1.82, 2.24) is 9.80 Å². The highest BCUT2D eigenvalue weighted by Crippen LogP contribution is 2.36. The monoisotopic (exact) mass is 268 g/mol. The summed E-state index contributed by atoms with van der Waals surface area (Å²) in [6.07, 6.45) is 5.04. The Hall–Kier alpha value is -0.610. The Morgan fingerprint density at radius 3 is 2.53 bits per heavy atom. The molecule has 1 aliphatic heterocycles. The smallest absolute Gasteiger partial charge is 0.322 e. The Balaban J connectivity index is 1.80. The fraction of sp³-hybridized carbons (Fsp3) is 0.933. The second kappa shape index (κ2) is 6.71. The van der Waals surface area contributed by atoms with Crippen LogP contribution in [0.25, 0.3) is 0 Å². The van der Waals surface area contributed by atoms with Crippen molar-refractivity contribution in [2.75, 3.05) is 32.7 Å². The predicted octanol–water partition coefficient (Wildman–Crippen LogP) is 1.90. The normalized spacial score (nSPS) is 33.1. The maximum atomic E-state index is 11.4. The molecule has 1 saturated carbocycles. The molecule has 4 heteroatoms. The molecule has 4 nitrogen and oxygen atoms in total. The van der Waals surface area contributed by atoms with Crippen molar-refractivity contribution in [2.45, 2.75) is 45.6 Å². The van der Waals surface area contributed by atoms with Crippen molar-refractivity contribution >= 4 is 5.97 Å². The zero-order valence-electron chi connectivity index (χ0n) is 12.3. The maximum Gasteiger partial charge on any atom is 0.322 e. The largest absolute Gasteiger partial charge is 0.480 e. The molecule has 2 fully saturated rings. The number of hydrogen-bond donors (Lipinski definition) is 1. The van der Waals surface area contributed by atoms with Gasteiger partial charge in [-0.3, -0.25) is 14.6 Å². The molecule has 0 aromatic rings. The van der Waals surface area contributed by atoms with Crippen molar-refractivity contribution in [3.8, 4) is 0 Å². The molecule has 0 amide bonds. The lowest BCUT2D eigenvalue weighted by Crippen LogP contribution is -2.57. The van der Waals surface area contributed by atoms with Gasteiger partial charge < -0.3 is 5.11 Å². The predicted molar refractivity (Wildman–Crippen MR) is 76.2 cm³/mol. The highest BCUT2D eigenvalue weighted by atomic mass is 16.4. The van der Waals surface area contributed by atoms with E-state index in [0.29, 0.717) is 6.54 Å². The average molecular weight is 268 g/mol. The molecule has 0 bridgehead atoms. The van der Waals surface area contributed by atoms with E-state index in [9.17, 15) is 9.90 Å². The summed E-state index contributed by atoms with van der Waals surface area (Å²) in [4.78, 5) is 15.9. The van der Waals surface area contributed by atoms with Crippen LogP contribution in [0.3, 0.4) is 0 Å². The zero-order chi connectivity index (χ0) is 13.8. The highest BCUT2D eigenvalue weighted by Gasteiger charge is 2.35. The van der Waals surface area contributed by atoms with Crippen LogP contribution in [-0.2, 0) is 4.79 Å². The van der Waals surface area contributed by atoms with Crippen molar-refractivity contribution < 1.29 is 9.90 Å². The molecule has 1 aliphatic carbocycles. The van der Waals surface area contributed by atoms with Gasteiger partial charge in [0.1, 0.15) is 6.04 Å². The average Bonchev–Trinajstić information content (AvgIpc) is 2.34. The Morgan fingerprint density at radius 1 is 1.21 bits per heavy atom. The van der Waals surface area contributed by atoms with Gasteiger partial charge in [0.2, 0.25) is 0 Å². The third kappa shape index (κ3) is 3.69. The van der Waals surface area contributed by atoms with Gasteiger partial charge in [-0.1, -0.05) is 20.3 Å². The van der Waals surface area contributed by atoms with E-state index >= 15 is 0 Å². The Bertz CT molecular complexity index is 303. The molecule has 19 heavy (non-hydrogen) atoms. The van der Waals surface area contributed by atoms with E-state index in [2.05, 4.69) is 23.6 Å². The van der Waals surface area contributed by atoms with Crippen LogP contribution in [0.15, 0.2) is 0 Å². The molecule has 0 aromatic carbocycles. The lowest BCUT2D eigenvalue weighted by molar-refractivity contribution is -0.146. The number of carbonyl (C=O) groups is 1. The van der Waals surface area contributed by atoms with Crippen LogP contribution >= 0.6 is 0 Å². The number of carboxylic acids is 1. The van der Waals surface area contributed by atoms with Crippen LogP contribution < -0.4 is 0 Å². The topological polar surface area (TPSA) is 43.8 Å². The van der Waals surface area contributed by atoms with Gasteiger partial charge >= 0.3 is 5.97 Å². The fourth-order valence-corrected chi connectivity index (χ4v) is 3.55. The first-order chi connectivity index (χ1) is 9.13. The quantitative estimate of drug-likeness (QED) is 0.799. The van der Waals surface area contributed by atoms with Gasteiger partial charge in [-0.2, -0.15) is 0 Å². The van der Waals surface area contributed by atoms with E-state index < -0.39 is 5.97 Å². The van der Waals surface area contributed by atoms with E-state index in [4.69, 9.17) is 0 Å². The van der Waals surface area contributed by atoms with Crippen LogP contribution in [-0.4, -0.2) is 59.6 Å². The van der Waals surface area contributed by atoms with Crippen LogP contribution in [0, 0.1) is 11.8 Å². The summed E-state index contributed by atoms with van der Waals surface area (Å²) in [5.74, 6) is 1.09. The van der Waals surface area contributed by atoms with Gasteiger partial charge in [0.05, 0.1) is 0 Å². The van der Waals surface area contributed by atoms with Crippen molar-refractivity contribution in [2.24, 2.45) is 11.8 Å². The van der Waals surface area contributed by atoms with E-state index in [1.54, 1.807) is 0 Å². The molecule has 1 heterocycles. The van der Waals surface area contributed by atoms with Crippen LogP contribution in [0.1, 0.15) is 39.5 Å². The minimum absolute atomic E-state index is 0.296. The van der Waals surface area contributed by atoms with E-state index in [-0.39, 0.29) is 6.04 Å². The first-order valence-corrected chi connectivity index (χ1v) is 7.83. The summed E-state index contributed by atoms with van der Waals surface area (Å²) in [5, 5.41) is 9.37. The second-order valence-corrected chi connectivity index (χ2v) is 6.26. The fourth-order valence-electron chi connectivity index (χ4n) is 3.55. The lowest BCUT2D eigenvalue weighted by atomic mass is 9.73. The molecule has 1 atom stereocenters. The van der Waals surface area contributed by atoms with Crippen molar-refractivity contribution in [1.29, 1.82) is 0 Å². The molecule has 0 spiro atoms. The van der Waals surface area contributed by atoms with Gasteiger partial charge in [0, 0.05) is 26.2 Å². The number of rotatable bonds is 6. The zero-order valence-corrected chi connectivity index (χ0v) is 12.3. The first-order valence-electron chi connectivity index (χ1n) is 7.83. The Kier molecular flexibility index (Phi) is 5.22. The number of aliphatic carboxylic acids is 1. The summed E-state index contributed by atoms with van der Waals surface area (Å²) in [5.41, 5.74) is 0. The van der Waals surface area contributed by atoms with Crippen LogP contribution in [0.5, 0.6) is 0 Å². The van der Waals surface area contributed by atoms with Crippen LogP contribution in [0.2, 0.25) is 0 Å². The first kappa shape index (κ1) is 14.8. The molecular formula is C15H28N2O2. The summed E-state index contributed by atoms with van der Waals surface area (Å²) in [6, 6.07) is -0.296. The van der Waals surface area contributed by atoms with Gasteiger partial charge in [-0.25, -0.2) is 0 Å². The van der Waals surface area contributed by atoms with Gasteiger partial charge in [-0.15, -0.1) is 0 Å². The molecule has 2 rings (SSSR count). The molecule has 0 radical (unpaired) electrons. The summed E-state index contributed by atoms with van der Waals surface area (Å²) < 4.78 is 0. The summed E-state index contributed by atoms with van der Waals surface area (Å²) in [6.45, 7) is 9.07. The van der Waals surface area contributed by atoms with Gasteiger partial charge in [0.15, 0.2) is 0 Å². The minimum Gasteiger partial charge on any atom is -0.480 e. The van der Waals surface area contributed by atoms with Gasteiger partial charge in [-0.05, 0) is 37.6 Å². The standard InChI is InChI=1S/C15H28N2O2/c1-3-5-17-7-6-16(11-14(17)15(18)19)10-13-8-12(4-2)9-13/h12-14H,3-11H2,1-2H3,(H,18,19). The number of hydrogen-bond acceptors (Lipinski definition) is 3. The Morgan fingerprint density at radius 2 is 1.95 bits per heavy atom. The third-order valence-corrected chi connectivity index (χ3v) is 4.80. The molecular weight excluding hydrogens is 240 g/mol. The SMILES string of the molecule is CCCN1CCN(CC2CC(CC)C2)CC1C(=O)O. The number of piperazine rings is 1. The number of nitrogens with zero attached hydrogens (tertiary/aromatic N) is 2. The Labute approximate surface area is 116 Å². The van der Waals surface area contributed by atoms with E-state index in [1.807, 2.05) is 0 Å². The van der Waals surface area contributed by atoms with Crippen LogP contribution in [0.4, 0.5) is 0 Å². The molecule has 2 aliphatic rings. The lowest BCUT2D eigenvalue weighted by Gasteiger charge is -2.43. The highest BCUT2D eigenvalue weighted by molar-refractivity contribution is 5.74. The minimum atomic E-state index is -0.654. The molecule has 1 unspecified atom stereocenters. The van der Waals surface area contributed by atoms with Crippen molar-refractivity contribution in [3.05, 3.63) is 0 Å². The second-order valence-electron chi connectivity index (χ2n) is 6.26. The van der Waals surface area contributed by atoms with E-state index in [0.717, 1.165) is 44.4 Å². The molecule has 1 saturated heterocycles. The summed E-state index contributed by atoms with van der Waals surface area (Å²) >= 11 is 0. The molecule has 0 aromatic heterocycles. The van der Waals surface area contributed by atoms with E-state index in [1.165, 1.54) is 19.3 Å².